The van der Waals surface area contributed by atoms with Gasteiger partial charge in [-0.3, -0.25) is 9.59 Å². The first-order valence-corrected chi connectivity index (χ1v) is 7.10. The maximum absolute atomic E-state index is 11.1. The smallest absolute Gasteiger partial charge is 0.267 e. The van der Waals surface area contributed by atoms with Gasteiger partial charge in [0.1, 0.15) is 5.70 Å². The van der Waals surface area contributed by atoms with E-state index in [9.17, 15) is 9.59 Å². The van der Waals surface area contributed by atoms with Crippen molar-refractivity contribution in [2.75, 3.05) is 6.54 Å². The summed E-state index contributed by atoms with van der Waals surface area (Å²) in [7, 11) is 0. The van der Waals surface area contributed by atoms with Gasteiger partial charge in [-0.1, -0.05) is 56.3 Å². The van der Waals surface area contributed by atoms with Crippen LogP contribution in [0.3, 0.4) is 0 Å². The van der Waals surface area contributed by atoms with E-state index in [2.05, 4.69) is 47.1 Å². The van der Waals surface area contributed by atoms with E-state index in [1.807, 2.05) is 13.8 Å². The minimum absolute atomic E-state index is 0.0776. The first-order chi connectivity index (χ1) is 10.1. The van der Waals surface area contributed by atoms with E-state index in [-0.39, 0.29) is 24.3 Å². The van der Waals surface area contributed by atoms with E-state index in [1.54, 1.807) is 6.08 Å². The molecule has 2 amide bonds. The van der Waals surface area contributed by atoms with Gasteiger partial charge in [-0.2, -0.15) is 0 Å². The van der Waals surface area contributed by atoms with Crippen molar-refractivity contribution in [2.45, 2.75) is 20.3 Å². The molecule has 21 heavy (non-hydrogen) atoms. The van der Waals surface area contributed by atoms with Gasteiger partial charge in [-0.15, -0.1) is 0 Å². The maximum atomic E-state index is 11.1. The Balaban J connectivity index is 0.000000159. The number of rotatable bonds is 1. The second-order valence-corrected chi connectivity index (χ2v) is 5.36. The summed E-state index contributed by atoms with van der Waals surface area (Å²) in [6.07, 6.45) is 7.22. The first-order valence-electron chi connectivity index (χ1n) is 7.10. The van der Waals surface area contributed by atoms with Crippen LogP contribution in [0.15, 0.2) is 42.1 Å². The molecule has 2 aliphatic rings. The molecular weight excluding hydrogens is 264 g/mol. The molecule has 1 aromatic rings. The number of fused-ring (bicyclic) bond motifs is 1. The van der Waals surface area contributed by atoms with E-state index in [1.165, 1.54) is 11.1 Å². The topological polar surface area (TPSA) is 58.2 Å². The fourth-order valence-corrected chi connectivity index (χ4v) is 2.15. The van der Waals surface area contributed by atoms with E-state index < -0.39 is 0 Å². The molecule has 4 heteroatoms. The first kappa shape index (κ1) is 15.0. The van der Waals surface area contributed by atoms with Crippen molar-refractivity contribution in [1.29, 1.82) is 0 Å². The highest BCUT2D eigenvalue weighted by atomic mass is 16.2. The Morgan fingerprint density at radius 2 is 1.95 bits per heavy atom. The van der Waals surface area contributed by atoms with E-state index in [4.69, 9.17) is 0 Å². The van der Waals surface area contributed by atoms with Gasteiger partial charge in [0.15, 0.2) is 0 Å². The van der Waals surface area contributed by atoms with Crippen molar-refractivity contribution in [3.05, 3.63) is 53.2 Å². The molecule has 1 heterocycles. The van der Waals surface area contributed by atoms with Crippen LogP contribution in [0.4, 0.5) is 0 Å². The predicted octanol–water partition coefficient (Wildman–Crippen LogP) is 2.03. The highest BCUT2D eigenvalue weighted by Crippen LogP contribution is 2.17. The monoisotopic (exact) mass is 284 g/mol. The van der Waals surface area contributed by atoms with Crippen LogP contribution in [-0.2, 0) is 16.0 Å². The Morgan fingerprint density at radius 3 is 2.67 bits per heavy atom. The number of hydrogen-bond acceptors (Lipinski definition) is 2. The van der Waals surface area contributed by atoms with Gasteiger partial charge < -0.3 is 10.6 Å². The average Bonchev–Trinajstić information content (AvgIpc) is 2.91. The second kappa shape index (κ2) is 6.88. The fourth-order valence-electron chi connectivity index (χ4n) is 2.15. The lowest BCUT2D eigenvalue weighted by atomic mass is 10.1. The summed E-state index contributed by atoms with van der Waals surface area (Å²) in [4.78, 5) is 21.9. The molecule has 2 N–H and O–H groups in total. The summed E-state index contributed by atoms with van der Waals surface area (Å²) in [5.41, 5.74) is 3.20. The average molecular weight is 284 g/mol. The van der Waals surface area contributed by atoms with Crippen LogP contribution in [0.2, 0.25) is 0 Å². The lowest BCUT2D eigenvalue weighted by Gasteiger charge is -2.16. The van der Waals surface area contributed by atoms with Gasteiger partial charge >= 0.3 is 0 Å². The Kier molecular flexibility index (Phi) is 4.93. The third-order valence-corrected chi connectivity index (χ3v) is 3.12. The third-order valence-electron chi connectivity index (χ3n) is 3.12. The predicted molar refractivity (Wildman–Crippen MR) is 83.3 cm³/mol. The number of allylic oxidation sites excluding steroid dienone is 2. The van der Waals surface area contributed by atoms with Crippen molar-refractivity contribution in [2.24, 2.45) is 5.92 Å². The van der Waals surface area contributed by atoms with Crippen LogP contribution < -0.4 is 10.6 Å². The Bertz CT molecular complexity index is 601. The van der Waals surface area contributed by atoms with E-state index in [0.717, 1.165) is 6.42 Å². The highest BCUT2D eigenvalue weighted by Gasteiger charge is 2.18. The molecule has 0 atom stereocenters. The molecule has 0 aromatic heterocycles. The quantitative estimate of drug-likeness (QED) is 0.775. The second-order valence-electron chi connectivity index (χ2n) is 5.36. The molecule has 1 aromatic carbocycles. The van der Waals surface area contributed by atoms with Gasteiger partial charge in [-0.25, -0.2) is 0 Å². The normalized spacial score (nSPS) is 18.0. The van der Waals surface area contributed by atoms with Crippen LogP contribution in [0.25, 0.3) is 6.08 Å². The molecule has 4 nitrogen and oxygen atoms in total. The molecule has 0 unspecified atom stereocenters. The summed E-state index contributed by atoms with van der Waals surface area (Å²) >= 11 is 0. The van der Waals surface area contributed by atoms with Crippen molar-refractivity contribution in [3.63, 3.8) is 0 Å². The number of carbonyl (C=O) groups is 2. The number of piperazine rings is 1. The Labute approximate surface area is 124 Å². The molecule has 1 aliphatic carbocycles. The lowest BCUT2D eigenvalue weighted by Crippen LogP contribution is -2.47. The molecule has 1 fully saturated rings. The zero-order valence-corrected chi connectivity index (χ0v) is 12.3. The highest BCUT2D eigenvalue weighted by molar-refractivity contribution is 6.02. The number of benzene rings is 1. The molecule has 1 saturated heterocycles. The summed E-state index contributed by atoms with van der Waals surface area (Å²) in [5, 5.41) is 4.98. The molecule has 1 aliphatic heterocycles. The van der Waals surface area contributed by atoms with Gasteiger partial charge in [0.05, 0.1) is 6.54 Å². The van der Waals surface area contributed by atoms with Crippen LogP contribution in [0.5, 0.6) is 0 Å². The van der Waals surface area contributed by atoms with Gasteiger partial charge in [-0.05, 0) is 23.5 Å². The number of nitrogens with one attached hydrogen (secondary N) is 2. The Morgan fingerprint density at radius 1 is 1.19 bits per heavy atom. The van der Waals surface area contributed by atoms with Gasteiger partial charge in [0, 0.05) is 0 Å². The van der Waals surface area contributed by atoms with Gasteiger partial charge in [0.2, 0.25) is 5.91 Å². The molecule has 0 saturated carbocycles. The van der Waals surface area contributed by atoms with Crippen LogP contribution >= 0.6 is 0 Å². The van der Waals surface area contributed by atoms with E-state index in [0.29, 0.717) is 5.70 Å². The maximum Gasteiger partial charge on any atom is 0.267 e. The van der Waals surface area contributed by atoms with Crippen molar-refractivity contribution in [3.8, 4) is 0 Å². The number of hydrogen-bond donors (Lipinski definition) is 2. The largest absolute Gasteiger partial charge is 0.342 e. The minimum atomic E-state index is -0.205. The van der Waals surface area contributed by atoms with Crippen LogP contribution in [0.1, 0.15) is 25.0 Å². The Hall–Kier alpha value is -2.36. The van der Waals surface area contributed by atoms with Crippen LogP contribution in [0, 0.1) is 5.92 Å². The van der Waals surface area contributed by atoms with Crippen molar-refractivity contribution in [1.82, 2.24) is 10.6 Å². The molecule has 3 rings (SSSR count). The number of amides is 2. The summed E-state index contributed by atoms with van der Waals surface area (Å²) < 4.78 is 0. The lowest BCUT2D eigenvalue weighted by molar-refractivity contribution is -0.128. The molecule has 0 radical (unpaired) electrons. The summed E-state index contributed by atoms with van der Waals surface area (Å²) in [6, 6.07) is 8.49. The third kappa shape index (κ3) is 4.31. The zero-order chi connectivity index (χ0) is 15.2. The van der Waals surface area contributed by atoms with E-state index >= 15 is 0 Å². The van der Waals surface area contributed by atoms with Gasteiger partial charge in [0.25, 0.3) is 5.91 Å². The van der Waals surface area contributed by atoms with Crippen molar-refractivity contribution < 1.29 is 9.59 Å². The number of carbonyl (C=O) groups excluding carboxylic acids is 2. The summed E-state index contributed by atoms with van der Waals surface area (Å²) in [6.45, 7) is 3.97. The molecule has 110 valence electrons. The van der Waals surface area contributed by atoms with Crippen molar-refractivity contribution >= 4 is 17.9 Å². The summed E-state index contributed by atoms with van der Waals surface area (Å²) in [5.74, 6) is -0.117. The molecule has 0 bridgehead atoms. The molecular formula is C17H20N2O2. The SMILES string of the molecule is C1=Cc2ccccc2C1.CC(C)C=C1NC(=O)CNC1=O. The fraction of sp³-hybridized carbons (Fsp3) is 0.294. The van der Waals surface area contributed by atoms with Crippen LogP contribution in [-0.4, -0.2) is 18.4 Å². The standard InChI is InChI=1S/C9H8.C8H12N2O2/c1-2-5-9-7-3-6-8(9)4-1;1-5(2)3-6-8(12)9-4-7(11)10-6/h1-6H,7H2;3,5H,4H2,1-2H3,(H,9,12)(H,10,11). The molecule has 0 spiro atoms. The minimum Gasteiger partial charge on any atom is -0.342 e. The zero-order valence-electron chi connectivity index (χ0n) is 12.3.